The van der Waals surface area contributed by atoms with Crippen LogP contribution in [0.2, 0.25) is 0 Å². The Kier molecular flexibility index (Phi) is 5.73. The van der Waals surface area contributed by atoms with E-state index in [4.69, 9.17) is 0 Å². The zero-order valence-corrected chi connectivity index (χ0v) is 13.5. The van der Waals surface area contributed by atoms with E-state index in [0.29, 0.717) is 25.9 Å². The molecule has 1 aromatic carbocycles. The van der Waals surface area contributed by atoms with Gasteiger partial charge in [-0.2, -0.15) is 0 Å². The van der Waals surface area contributed by atoms with Gasteiger partial charge < -0.3 is 10.2 Å². The van der Waals surface area contributed by atoms with Crippen LogP contribution in [0.25, 0.3) is 0 Å². The van der Waals surface area contributed by atoms with Crippen LogP contribution in [-0.2, 0) is 10.0 Å². The maximum absolute atomic E-state index is 13.2. The Morgan fingerprint density at radius 2 is 2.26 bits per heavy atom. The Labute approximate surface area is 135 Å². The molecule has 1 heterocycles. The van der Waals surface area contributed by atoms with Crippen molar-refractivity contribution in [2.45, 2.75) is 23.8 Å². The minimum Gasteiger partial charge on any atom is -0.335 e. The highest BCUT2D eigenvalue weighted by molar-refractivity contribution is 7.89. The van der Waals surface area contributed by atoms with Crippen LogP contribution in [0.5, 0.6) is 0 Å². The first-order valence-electron chi connectivity index (χ1n) is 7.34. The summed E-state index contributed by atoms with van der Waals surface area (Å²) < 4.78 is 40.3. The van der Waals surface area contributed by atoms with Crippen molar-refractivity contribution < 1.29 is 17.6 Å². The van der Waals surface area contributed by atoms with Crippen LogP contribution in [0.4, 0.5) is 9.18 Å². The number of benzene rings is 1. The van der Waals surface area contributed by atoms with Gasteiger partial charge in [0.1, 0.15) is 5.82 Å². The van der Waals surface area contributed by atoms with Crippen molar-refractivity contribution in [1.82, 2.24) is 14.9 Å². The molecule has 0 radical (unpaired) electrons. The molecular formula is C15H20FN3O3S. The average Bonchev–Trinajstić information content (AvgIpc) is 2.52. The van der Waals surface area contributed by atoms with E-state index in [2.05, 4.69) is 16.6 Å². The average molecular weight is 341 g/mol. The van der Waals surface area contributed by atoms with Gasteiger partial charge in [0.15, 0.2) is 0 Å². The maximum Gasteiger partial charge on any atom is 0.317 e. The number of urea groups is 1. The van der Waals surface area contributed by atoms with Crippen molar-refractivity contribution in [1.29, 1.82) is 0 Å². The van der Waals surface area contributed by atoms with Gasteiger partial charge in [0.25, 0.3) is 0 Å². The van der Waals surface area contributed by atoms with E-state index < -0.39 is 21.9 Å². The Balaban J connectivity index is 2.02. The first kappa shape index (κ1) is 17.4. The van der Waals surface area contributed by atoms with E-state index in [0.717, 1.165) is 6.07 Å². The van der Waals surface area contributed by atoms with Crippen molar-refractivity contribution in [3.63, 3.8) is 0 Å². The third-order valence-electron chi connectivity index (χ3n) is 3.53. The third-order valence-corrected chi connectivity index (χ3v) is 5.05. The van der Waals surface area contributed by atoms with Crippen molar-refractivity contribution in [3.8, 4) is 0 Å². The second kappa shape index (κ2) is 7.56. The third kappa shape index (κ3) is 4.77. The Morgan fingerprint density at radius 3 is 2.96 bits per heavy atom. The van der Waals surface area contributed by atoms with E-state index in [9.17, 15) is 17.6 Å². The van der Waals surface area contributed by atoms with Gasteiger partial charge in [0, 0.05) is 25.7 Å². The number of hydrogen-bond donors (Lipinski definition) is 2. The molecule has 1 fully saturated rings. The van der Waals surface area contributed by atoms with Gasteiger partial charge in [0.05, 0.1) is 4.90 Å². The summed E-state index contributed by atoms with van der Waals surface area (Å²) in [5.41, 5.74) is 0. The highest BCUT2D eigenvalue weighted by Gasteiger charge is 2.27. The first-order valence-corrected chi connectivity index (χ1v) is 8.82. The molecule has 2 N–H and O–H groups in total. The molecule has 2 rings (SSSR count). The van der Waals surface area contributed by atoms with Crippen molar-refractivity contribution >= 4 is 16.1 Å². The molecule has 0 spiro atoms. The van der Waals surface area contributed by atoms with Gasteiger partial charge in [-0.3, -0.25) is 0 Å². The number of piperidine rings is 1. The summed E-state index contributed by atoms with van der Waals surface area (Å²) >= 11 is 0. The zero-order valence-electron chi connectivity index (χ0n) is 12.7. The number of carbonyl (C=O) groups excluding carboxylic acids is 1. The highest BCUT2D eigenvalue weighted by atomic mass is 32.2. The molecule has 0 aliphatic carbocycles. The lowest BCUT2D eigenvalue weighted by atomic mass is 10.1. The Bertz CT molecular complexity index is 678. The fraction of sp³-hybridized carbons (Fsp3) is 0.400. The Hall–Kier alpha value is -1.93. The number of nitrogens with one attached hydrogen (secondary N) is 2. The monoisotopic (exact) mass is 341 g/mol. The zero-order chi connectivity index (χ0) is 16.9. The lowest BCUT2D eigenvalue weighted by Crippen LogP contribution is -2.52. The lowest BCUT2D eigenvalue weighted by molar-refractivity contribution is 0.178. The maximum atomic E-state index is 13.2. The predicted molar refractivity (Wildman–Crippen MR) is 84.9 cm³/mol. The molecule has 1 saturated heterocycles. The number of carbonyl (C=O) groups is 1. The van der Waals surface area contributed by atoms with E-state index in [1.54, 1.807) is 11.0 Å². The molecule has 1 aromatic rings. The molecule has 1 atom stereocenters. The van der Waals surface area contributed by atoms with Crippen LogP contribution in [0.15, 0.2) is 41.8 Å². The van der Waals surface area contributed by atoms with E-state index in [1.165, 1.54) is 18.2 Å². The molecule has 0 aromatic heterocycles. The number of hydrogen-bond acceptors (Lipinski definition) is 3. The standard InChI is InChI=1S/C15H20FN3O3S/c1-2-8-17-15(20)19-9-4-6-13(11-19)18-23(21,22)14-7-3-5-12(16)10-14/h2-3,5,7,10,13,18H,1,4,6,8-9,11H2,(H,17,20). The van der Waals surface area contributed by atoms with Crippen LogP contribution < -0.4 is 10.0 Å². The van der Waals surface area contributed by atoms with Crippen LogP contribution in [-0.4, -0.2) is 45.0 Å². The van der Waals surface area contributed by atoms with Gasteiger partial charge >= 0.3 is 6.03 Å². The van der Waals surface area contributed by atoms with Crippen molar-refractivity contribution in [3.05, 3.63) is 42.7 Å². The largest absolute Gasteiger partial charge is 0.335 e. The molecule has 23 heavy (non-hydrogen) atoms. The number of sulfonamides is 1. The summed E-state index contributed by atoms with van der Waals surface area (Å²) in [5, 5.41) is 2.67. The molecule has 1 aliphatic heterocycles. The molecule has 0 bridgehead atoms. The molecule has 0 saturated carbocycles. The van der Waals surface area contributed by atoms with Crippen LogP contribution in [0.1, 0.15) is 12.8 Å². The first-order chi connectivity index (χ1) is 10.9. The summed E-state index contributed by atoms with van der Waals surface area (Å²) in [7, 11) is -3.81. The SMILES string of the molecule is C=CCNC(=O)N1CCCC(NS(=O)(=O)c2cccc(F)c2)C1. The van der Waals surface area contributed by atoms with Crippen molar-refractivity contribution in [2.24, 2.45) is 0 Å². The number of likely N-dealkylation sites (tertiary alicyclic amines) is 1. The van der Waals surface area contributed by atoms with E-state index in [1.807, 2.05) is 0 Å². The summed E-state index contributed by atoms with van der Waals surface area (Å²) in [4.78, 5) is 13.4. The number of halogens is 1. The minimum atomic E-state index is -3.81. The highest BCUT2D eigenvalue weighted by Crippen LogP contribution is 2.15. The number of rotatable bonds is 5. The predicted octanol–water partition coefficient (Wildman–Crippen LogP) is 1.46. The minimum absolute atomic E-state index is 0.120. The molecule has 126 valence electrons. The quantitative estimate of drug-likeness (QED) is 0.796. The van der Waals surface area contributed by atoms with Crippen LogP contribution in [0, 0.1) is 5.82 Å². The summed E-state index contributed by atoms with van der Waals surface area (Å²) in [6, 6.07) is 4.19. The molecule has 6 nitrogen and oxygen atoms in total. The molecule has 8 heteroatoms. The van der Waals surface area contributed by atoms with E-state index in [-0.39, 0.29) is 17.5 Å². The molecule has 2 amide bonds. The topological polar surface area (TPSA) is 78.5 Å². The Morgan fingerprint density at radius 1 is 1.48 bits per heavy atom. The van der Waals surface area contributed by atoms with Crippen LogP contribution >= 0.6 is 0 Å². The van der Waals surface area contributed by atoms with Crippen molar-refractivity contribution in [2.75, 3.05) is 19.6 Å². The summed E-state index contributed by atoms with van der Waals surface area (Å²) in [6.45, 7) is 4.73. The van der Waals surface area contributed by atoms with Gasteiger partial charge in [-0.05, 0) is 31.0 Å². The molecule has 1 unspecified atom stereocenters. The summed E-state index contributed by atoms with van der Waals surface area (Å²) in [6.07, 6.45) is 2.89. The van der Waals surface area contributed by atoms with Gasteiger partial charge in [-0.15, -0.1) is 6.58 Å². The van der Waals surface area contributed by atoms with Gasteiger partial charge in [-0.25, -0.2) is 22.3 Å². The fourth-order valence-corrected chi connectivity index (χ4v) is 3.74. The van der Waals surface area contributed by atoms with Gasteiger partial charge in [-0.1, -0.05) is 12.1 Å². The second-order valence-electron chi connectivity index (χ2n) is 5.34. The van der Waals surface area contributed by atoms with E-state index >= 15 is 0 Å². The smallest absolute Gasteiger partial charge is 0.317 e. The fourth-order valence-electron chi connectivity index (χ4n) is 2.45. The van der Waals surface area contributed by atoms with Crippen LogP contribution in [0.3, 0.4) is 0 Å². The second-order valence-corrected chi connectivity index (χ2v) is 7.05. The number of nitrogens with zero attached hydrogens (tertiary/aromatic N) is 1. The molecule has 1 aliphatic rings. The van der Waals surface area contributed by atoms with Gasteiger partial charge in [0.2, 0.25) is 10.0 Å². The lowest BCUT2D eigenvalue weighted by Gasteiger charge is -2.32. The number of amides is 2. The molecular weight excluding hydrogens is 321 g/mol. The summed E-state index contributed by atoms with van der Waals surface area (Å²) in [5.74, 6) is -0.609. The normalized spacial score (nSPS) is 18.5.